The molecule has 23 heavy (non-hydrogen) atoms. The highest BCUT2D eigenvalue weighted by Gasteiger charge is 2.20. The van der Waals surface area contributed by atoms with E-state index in [9.17, 15) is 19.7 Å². The molecule has 0 aliphatic heterocycles. The first-order valence-electron chi connectivity index (χ1n) is 6.40. The normalized spacial score (nSPS) is 9.96. The molecule has 0 aliphatic carbocycles. The van der Waals surface area contributed by atoms with Crippen molar-refractivity contribution >= 4 is 23.3 Å². The van der Waals surface area contributed by atoms with Gasteiger partial charge in [-0.05, 0) is 24.3 Å². The van der Waals surface area contributed by atoms with Crippen molar-refractivity contribution in [3.8, 4) is 5.75 Å². The molecule has 2 aromatic rings. The van der Waals surface area contributed by atoms with E-state index in [0.717, 1.165) is 0 Å². The Kier molecular flexibility index (Phi) is 4.55. The molecule has 0 aromatic heterocycles. The van der Waals surface area contributed by atoms with Gasteiger partial charge < -0.3 is 15.2 Å². The number of rotatable bonds is 5. The van der Waals surface area contributed by atoms with Gasteiger partial charge in [-0.3, -0.25) is 14.9 Å². The number of hydrogen-bond donors (Lipinski definition) is 2. The second kappa shape index (κ2) is 6.56. The van der Waals surface area contributed by atoms with Gasteiger partial charge in [0, 0.05) is 6.07 Å². The maximum Gasteiger partial charge on any atom is 0.335 e. The number of nitro benzene ring substituents is 1. The summed E-state index contributed by atoms with van der Waals surface area (Å²) in [7, 11) is 1.36. The molecule has 8 nitrogen and oxygen atoms in total. The van der Waals surface area contributed by atoms with E-state index in [1.807, 2.05) is 0 Å². The van der Waals surface area contributed by atoms with Crippen molar-refractivity contribution in [2.45, 2.75) is 0 Å². The molecule has 1 amide bonds. The molecule has 2 rings (SSSR count). The number of nitro groups is 1. The Hall–Kier alpha value is -3.42. The standard InChI is InChI=1S/C15H12N2O6/c1-23-13-7-6-9(15(19)20)8-11(13)16-14(18)10-4-2-3-5-12(10)17(21)22/h2-8H,1H3,(H,16,18)(H,19,20). The molecule has 0 unspecified atom stereocenters. The first-order valence-corrected chi connectivity index (χ1v) is 6.40. The lowest BCUT2D eigenvalue weighted by molar-refractivity contribution is -0.385. The van der Waals surface area contributed by atoms with Crippen molar-refractivity contribution in [2.75, 3.05) is 12.4 Å². The Bertz CT molecular complexity index is 787. The van der Waals surface area contributed by atoms with Crippen LogP contribution in [0.3, 0.4) is 0 Å². The number of nitrogens with one attached hydrogen (secondary N) is 1. The Balaban J connectivity index is 2.39. The quantitative estimate of drug-likeness (QED) is 0.646. The van der Waals surface area contributed by atoms with Crippen LogP contribution in [0.15, 0.2) is 42.5 Å². The molecule has 0 heterocycles. The molecule has 0 atom stereocenters. The average molecular weight is 316 g/mol. The molecular formula is C15H12N2O6. The van der Waals surface area contributed by atoms with Crippen molar-refractivity contribution in [3.05, 3.63) is 63.7 Å². The number of carboxylic acid groups (broad SMARTS) is 1. The van der Waals surface area contributed by atoms with E-state index in [1.165, 1.54) is 49.6 Å². The molecule has 2 aromatic carbocycles. The zero-order valence-corrected chi connectivity index (χ0v) is 12.0. The van der Waals surface area contributed by atoms with Crippen molar-refractivity contribution in [1.29, 1.82) is 0 Å². The van der Waals surface area contributed by atoms with Gasteiger partial charge in [0.25, 0.3) is 11.6 Å². The second-order valence-electron chi connectivity index (χ2n) is 4.45. The van der Waals surface area contributed by atoms with E-state index in [2.05, 4.69) is 5.32 Å². The number of anilines is 1. The van der Waals surface area contributed by atoms with E-state index < -0.39 is 16.8 Å². The summed E-state index contributed by atoms with van der Waals surface area (Å²) < 4.78 is 5.05. The summed E-state index contributed by atoms with van der Waals surface area (Å²) in [6, 6.07) is 9.38. The predicted octanol–water partition coefficient (Wildman–Crippen LogP) is 2.55. The van der Waals surface area contributed by atoms with Crippen LogP contribution in [0.4, 0.5) is 11.4 Å². The Morgan fingerprint density at radius 1 is 1.22 bits per heavy atom. The Morgan fingerprint density at radius 2 is 1.91 bits per heavy atom. The van der Waals surface area contributed by atoms with Crippen LogP contribution < -0.4 is 10.1 Å². The summed E-state index contributed by atoms with van der Waals surface area (Å²) in [6.07, 6.45) is 0. The molecule has 2 N–H and O–H groups in total. The number of carbonyl (C=O) groups is 2. The van der Waals surface area contributed by atoms with Crippen LogP contribution in [0, 0.1) is 10.1 Å². The maximum absolute atomic E-state index is 12.3. The minimum absolute atomic E-state index is 0.0522. The molecule has 0 aliphatic rings. The first kappa shape index (κ1) is 16.0. The highest BCUT2D eigenvalue weighted by atomic mass is 16.6. The van der Waals surface area contributed by atoms with Gasteiger partial charge in [-0.25, -0.2) is 4.79 Å². The van der Waals surface area contributed by atoms with Crippen LogP contribution in [0.1, 0.15) is 20.7 Å². The van der Waals surface area contributed by atoms with E-state index in [-0.39, 0.29) is 28.3 Å². The van der Waals surface area contributed by atoms with Crippen LogP contribution in [-0.4, -0.2) is 29.0 Å². The highest BCUT2D eigenvalue weighted by Crippen LogP contribution is 2.27. The summed E-state index contributed by atoms with van der Waals surface area (Å²) in [5.74, 6) is -1.67. The van der Waals surface area contributed by atoms with Gasteiger partial charge in [-0.1, -0.05) is 12.1 Å². The molecule has 0 bridgehead atoms. The molecule has 0 saturated carbocycles. The van der Waals surface area contributed by atoms with Crippen LogP contribution in [0.2, 0.25) is 0 Å². The molecular weight excluding hydrogens is 304 g/mol. The van der Waals surface area contributed by atoms with Crippen molar-refractivity contribution in [2.24, 2.45) is 0 Å². The number of ether oxygens (including phenoxy) is 1. The average Bonchev–Trinajstić information content (AvgIpc) is 2.54. The van der Waals surface area contributed by atoms with Crippen LogP contribution in [0.25, 0.3) is 0 Å². The molecule has 0 radical (unpaired) electrons. The topological polar surface area (TPSA) is 119 Å². The highest BCUT2D eigenvalue weighted by molar-refractivity contribution is 6.08. The number of para-hydroxylation sites is 1. The van der Waals surface area contributed by atoms with Gasteiger partial charge in [0.2, 0.25) is 0 Å². The summed E-state index contributed by atoms with van der Waals surface area (Å²) in [4.78, 5) is 33.6. The van der Waals surface area contributed by atoms with Gasteiger partial charge in [0.15, 0.2) is 0 Å². The number of benzene rings is 2. The van der Waals surface area contributed by atoms with Crippen molar-refractivity contribution in [1.82, 2.24) is 0 Å². The fourth-order valence-corrected chi connectivity index (χ4v) is 1.95. The summed E-state index contributed by atoms with van der Waals surface area (Å²) >= 11 is 0. The predicted molar refractivity (Wildman–Crippen MR) is 81.0 cm³/mol. The fourth-order valence-electron chi connectivity index (χ4n) is 1.95. The Labute approximate surface area is 130 Å². The smallest absolute Gasteiger partial charge is 0.335 e. The van der Waals surface area contributed by atoms with Crippen molar-refractivity contribution < 1.29 is 24.4 Å². The largest absolute Gasteiger partial charge is 0.495 e. The van der Waals surface area contributed by atoms with Crippen LogP contribution >= 0.6 is 0 Å². The lowest BCUT2D eigenvalue weighted by Gasteiger charge is -2.11. The van der Waals surface area contributed by atoms with Gasteiger partial charge in [-0.2, -0.15) is 0 Å². The Morgan fingerprint density at radius 3 is 2.52 bits per heavy atom. The third-order valence-corrected chi connectivity index (χ3v) is 3.04. The molecule has 0 fully saturated rings. The second-order valence-corrected chi connectivity index (χ2v) is 4.45. The van der Waals surface area contributed by atoms with Crippen molar-refractivity contribution in [3.63, 3.8) is 0 Å². The fraction of sp³-hybridized carbons (Fsp3) is 0.0667. The molecule has 118 valence electrons. The van der Waals surface area contributed by atoms with Crippen LogP contribution in [0.5, 0.6) is 5.75 Å². The third-order valence-electron chi connectivity index (χ3n) is 3.04. The van der Waals surface area contributed by atoms with Gasteiger partial charge in [0.1, 0.15) is 11.3 Å². The number of nitrogens with zero attached hydrogens (tertiary/aromatic N) is 1. The van der Waals surface area contributed by atoms with Gasteiger partial charge in [0.05, 0.1) is 23.3 Å². The first-order chi connectivity index (χ1) is 10.9. The lowest BCUT2D eigenvalue weighted by atomic mass is 10.1. The molecule has 8 heteroatoms. The number of carboxylic acids is 1. The van der Waals surface area contributed by atoms with E-state index in [1.54, 1.807) is 0 Å². The minimum atomic E-state index is -1.17. The van der Waals surface area contributed by atoms with E-state index >= 15 is 0 Å². The monoisotopic (exact) mass is 316 g/mol. The van der Waals surface area contributed by atoms with Crippen LogP contribution in [-0.2, 0) is 0 Å². The molecule has 0 saturated heterocycles. The van der Waals surface area contributed by atoms with E-state index in [0.29, 0.717) is 0 Å². The summed E-state index contributed by atoms with van der Waals surface area (Å²) in [5, 5.41) is 22.4. The molecule has 0 spiro atoms. The zero-order chi connectivity index (χ0) is 17.0. The van der Waals surface area contributed by atoms with Gasteiger partial charge in [-0.15, -0.1) is 0 Å². The number of hydrogen-bond acceptors (Lipinski definition) is 5. The SMILES string of the molecule is COc1ccc(C(=O)O)cc1NC(=O)c1ccccc1[N+](=O)[O-]. The number of carbonyl (C=O) groups excluding carboxylic acids is 1. The lowest BCUT2D eigenvalue weighted by Crippen LogP contribution is -2.15. The number of aromatic carboxylic acids is 1. The summed E-state index contributed by atoms with van der Waals surface area (Å²) in [5.41, 5.74) is -0.433. The summed E-state index contributed by atoms with van der Waals surface area (Å²) in [6.45, 7) is 0. The maximum atomic E-state index is 12.3. The minimum Gasteiger partial charge on any atom is -0.495 e. The number of methoxy groups -OCH3 is 1. The number of amides is 1. The third kappa shape index (κ3) is 3.43. The van der Waals surface area contributed by atoms with Gasteiger partial charge >= 0.3 is 5.97 Å². The van der Waals surface area contributed by atoms with E-state index in [4.69, 9.17) is 9.84 Å². The zero-order valence-electron chi connectivity index (χ0n) is 12.0.